The van der Waals surface area contributed by atoms with Crippen molar-refractivity contribution in [3.8, 4) is 16.8 Å². The van der Waals surface area contributed by atoms with E-state index in [9.17, 15) is 18.8 Å². The van der Waals surface area contributed by atoms with E-state index in [1.165, 1.54) is 12.1 Å². The highest BCUT2D eigenvalue weighted by Crippen LogP contribution is 2.42. The number of anilines is 3. The summed E-state index contributed by atoms with van der Waals surface area (Å²) in [6.07, 6.45) is 5.13. The molecule has 0 bridgehead atoms. The lowest BCUT2D eigenvalue weighted by molar-refractivity contribution is -0.169. The molecular weight excluding hydrogens is 617 g/mol. The molecule has 2 N–H and O–H groups in total. The van der Waals surface area contributed by atoms with Crippen LogP contribution in [0.3, 0.4) is 0 Å². The molecule has 0 aliphatic carbocycles. The van der Waals surface area contributed by atoms with Crippen LogP contribution in [0.4, 0.5) is 26.2 Å². The number of rotatable bonds is 8. The average molecular weight is 656 g/mol. The number of carbonyl (C=O) groups is 3. The summed E-state index contributed by atoms with van der Waals surface area (Å²) in [7, 11) is 0. The number of piperidine rings is 1. The smallest absolute Gasteiger partial charge is 0.412 e. The average Bonchev–Trinajstić information content (AvgIpc) is 3.75. The maximum Gasteiger partial charge on any atom is 0.412 e. The van der Waals surface area contributed by atoms with Gasteiger partial charge in [0.05, 0.1) is 37.3 Å². The van der Waals surface area contributed by atoms with Crippen molar-refractivity contribution in [1.82, 2.24) is 9.55 Å². The van der Waals surface area contributed by atoms with Gasteiger partial charge in [-0.05, 0) is 62.7 Å². The summed E-state index contributed by atoms with van der Waals surface area (Å²) in [6, 6.07) is 16.5. The van der Waals surface area contributed by atoms with Crippen molar-refractivity contribution in [2.24, 2.45) is 0 Å². The molecule has 12 heteroatoms. The van der Waals surface area contributed by atoms with Gasteiger partial charge in [-0.1, -0.05) is 24.3 Å². The molecule has 0 unspecified atom stereocenters. The van der Waals surface area contributed by atoms with Gasteiger partial charge in [-0.25, -0.2) is 14.2 Å². The first kappa shape index (κ1) is 32.9. The minimum atomic E-state index is -0.773. The third-order valence-corrected chi connectivity index (χ3v) is 8.17. The van der Waals surface area contributed by atoms with Crippen molar-refractivity contribution in [1.29, 1.82) is 0 Å². The molecule has 2 aliphatic rings. The number of amides is 2. The van der Waals surface area contributed by atoms with Gasteiger partial charge in [-0.2, -0.15) is 0 Å². The minimum Gasteiger partial charge on any atom is -0.444 e. The van der Waals surface area contributed by atoms with Crippen LogP contribution in [-0.2, 0) is 19.0 Å². The Labute approximate surface area is 278 Å². The number of hydrogen-bond acceptors (Lipinski definition) is 8. The number of hydrogen-bond donors (Lipinski definition) is 2. The van der Waals surface area contributed by atoms with Crippen molar-refractivity contribution in [3.05, 3.63) is 90.8 Å². The quantitative estimate of drug-likeness (QED) is 0.161. The fourth-order valence-corrected chi connectivity index (χ4v) is 5.90. The fourth-order valence-electron chi connectivity index (χ4n) is 5.90. The van der Waals surface area contributed by atoms with Crippen LogP contribution >= 0.6 is 0 Å². The summed E-state index contributed by atoms with van der Waals surface area (Å²) in [5.41, 5.74) is 3.01. The van der Waals surface area contributed by atoms with Crippen molar-refractivity contribution in [2.45, 2.75) is 51.4 Å². The van der Waals surface area contributed by atoms with Gasteiger partial charge in [-0.3, -0.25) is 14.9 Å². The van der Waals surface area contributed by atoms with Crippen LogP contribution in [0.1, 0.15) is 50.4 Å². The number of nitrogens with one attached hydrogen (secondary N) is 2. The van der Waals surface area contributed by atoms with Gasteiger partial charge >= 0.3 is 6.09 Å². The van der Waals surface area contributed by atoms with Crippen molar-refractivity contribution < 1.29 is 33.0 Å². The van der Waals surface area contributed by atoms with Gasteiger partial charge in [0.1, 0.15) is 11.4 Å². The lowest BCUT2D eigenvalue weighted by Crippen LogP contribution is -2.45. The molecule has 4 aromatic rings. The molecule has 6 rings (SSSR count). The maximum absolute atomic E-state index is 14.0. The highest BCUT2D eigenvalue weighted by Gasteiger charge is 2.40. The summed E-state index contributed by atoms with van der Waals surface area (Å²) < 4.78 is 33.1. The molecule has 250 valence electrons. The molecule has 0 saturated carbocycles. The molecule has 3 aromatic carbocycles. The lowest BCUT2D eigenvalue weighted by atomic mass is 9.97. The molecule has 2 saturated heterocycles. The Morgan fingerprint density at radius 1 is 0.958 bits per heavy atom. The molecule has 3 heterocycles. The predicted octanol–water partition coefficient (Wildman–Crippen LogP) is 6.58. The number of ketones is 1. The highest BCUT2D eigenvalue weighted by atomic mass is 19.1. The molecule has 2 aliphatic heterocycles. The van der Waals surface area contributed by atoms with Gasteiger partial charge in [0.15, 0.2) is 11.6 Å². The first-order valence-corrected chi connectivity index (χ1v) is 15.9. The Morgan fingerprint density at radius 2 is 1.67 bits per heavy atom. The molecule has 1 aromatic heterocycles. The topological polar surface area (TPSA) is 124 Å². The fraction of sp³-hybridized carbons (Fsp3) is 0.333. The van der Waals surface area contributed by atoms with Crippen molar-refractivity contribution in [3.63, 3.8) is 0 Å². The molecular formula is C36H38FN5O6. The maximum atomic E-state index is 14.0. The number of Topliss-reactive ketones (excluding diaryl/α,β-unsaturated/α-hetero) is 1. The van der Waals surface area contributed by atoms with Crippen LogP contribution in [0.5, 0.6) is 0 Å². The third-order valence-electron chi connectivity index (χ3n) is 8.17. The van der Waals surface area contributed by atoms with E-state index < -0.39 is 29.8 Å². The van der Waals surface area contributed by atoms with Crippen LogP contribution in [0.25, 0.3) is 16.8 Å². The van der Waals surface area contributed by atoms with E-state index in [2.05, 4.69) is 20.5 Å². The Morgan fingerprint density at radius 3 is 2.33 bits per heavy atom. The van der Waals surface area contributed by atoms with Gasteiger partial charge in [0.25, 0.3) is 0 Å². The van der Waals surface area contributed by atoms with Crippen LogP contribution in [0.2, 0.25) is 0 Å². The monoisotopic (exact) mass is 655 g/mol. The number of ether oxygens (including phenoxy) is 3. The van der Waals surface area contributed by atoms with E-state index in [0.29, 0.717) is 55.8 Å². The highest BCUT2D eigenvalue weighted by molar-refractivity contribution is 6.12. The normalized spacial score (nSPS) is 15.7. The van der Waals surface area contributed by atoms with E-state index in [4.69, 9.17) is 14.2 Å². The van der Waals surface area contributed by atoms with Crippen LogP contribution in [0, 0.1) is 5.82 Å². The van der Waals surface area contributed by atoms with E-state index in [1.807, 2.05) is 6.07 Å². The molecule has 2 amide bonds. The first-order chi connectivity index (χ1) is 23.0. The van der Waals surface area contributed by atoms with Gasteiger partial charge in [-0.15, -0.1) is 0 Å². The van der Waals surface area contributed by atoms with Gasteiger partial charge in [0, 0.05) is 60.8 Å². The second-order valence-electron chi connectivity index (χ2n) is 12.8. The largest absolute Gasteiger partial charge is 0.444 e. The first-order valence-electron chi connectivity index (χ1n) is 15.9. The van der Waals surface area contributed by atoms with Crippen LogP contribution < -0.4 is 15.5 Å². The molecule has 0 radical (unpaired) electrons. The van der Waals surface area contributed by atoms with Gasteiger partial charge in [0.2, 0.25) is 5.91 Å². The molecule has 48 heavy (non-hydrogen) atoms. The SMILES string of the molecule is CC(C)(C)OC(=O)Nc1cc(N2CCC3(CC2)OCCO3)c(-c2ccc(F)cc2)cc1NC(=O)CC(=O)c1cccc(-n2ccnc2)c1. The lowest BCUT2D eigenvalue weighted by Gasteiger charge is -2.39. The summed E-state index contributed by atoms with van der Waals surface area (Å²) in [6.45, 7) is 7.56. The van der Waals surface area contributed by atoms with E-state index in [1.54, 1.807) is 86.5 Å². The number of halogens is 1. The zero-order valence-electron chi connectivity index (χ0n) is 27.1. The van der Waals surface area contributed by atoms with E-state index in [-0.39, 0.29) is 23.0 Å². The van der Waals surface area contributed by atoms with Crippen molar-refractivity contribution in [2.75, 3.05) is 41.8 Å². The Kier molecular flexibility index (Phi) is 9.29. The summed E-state index contributed by atoms with van der Waals surface area (Å²) in [5.74, 6) is -1.95. The van der Waals surface area contributed by atoms with E-state index >= 15 is 0 Å². The number of carbonyl (C=O) groups excluding carboxylic acids is 3. The second-order valence-corrected chi connectivity index (χ2v) is 12.8. The number of imidazole rings is 1. The van der Waals surface area contributed by atoms with Crippen LogP contribution in [-0.4, -0.2) is 65.0 Å². The number of aromatic nitrogens is 2. The zero-order chi connectivity index (χ0) is 33.9. The molecule has 1 spiro atoms. The second kappa shape index (κ2) is 13.6. The summed E-state index contributed by atoms with van der Waals surface area (Å²) in [4.78, 5) is 45.9. The predicted molar refractivity (Wildman–Crippen MR) is 179 cm³/mol. The zero-order valence-corrected chi connectivity index (χ0v) is 27.1. The molecule has 11 nitrogen and oxygen atoms in total. The Balaban J connectivity index is 1.32. The minimum absolute atomic E-state index is 0.254. The summed E-state index contributed by atoms with van der Waals surface area (Å²) in [5, 5.41) is 5.63. The third kappa shape index (κ3) is 7.72. The van der Waals surface area contributed by atoms with Crippen molar-refractivity contribution >= 4 is 34.8 Å². The van der Waals surface area contributed by atoms with Gasteiger partial charge < -0.3 is 29.0 Å². The molecule has 0 atom stereocenters. The van der Waals surface area contributed by atoms with Crippen LogP contribution in [0.15, 0.2) is 79.4 Å². The molecule has 2 fully saturated rings. The number of benzene rings is 3. The Hall–Kier alpha value is -5.07. The standard InChI is InChI=1S/C36H38FN5O6/c1-35(2,3)48-34(45)40-30-21-31(41-14-11-36(12-15-41)46-17-18-47-36)28(24-7-9-26(37)10-8-24)20-29(30)39-33(44)22-32(43)25-5-4-6-27(19-25)42-16-13-38-23-42/h4-10,13,16,19-21,23H,11-12,14-15,17-18,22H2,1-3H3,(H,39,44)(H,40,45). The van der Waals surface area contributed by atoms with E-state index in [0.717, 1.165) is 11.4 Å². The number of nitrogens with zero attached hydrogens (tertiary/aromatic N) is 3. The Bertz CT molecular complexity index is 1790. The summed E-state index contributed by atoms with van der Waals surface area (Å²) >= 11 is 0.